The third-order valence-corrected chi connectivity index (χ3v) is 3.87. The lowest BCUT2D eigenvalue weighted by Crippen LogP contribution is -2.16. The van der Waals surface area contributed by atoms with Crippen molar-refractivity contribution in [1.29, 1.82) is 0 Å². The predicted molar refractivity (Wildman–Crippen MR) is 122 cm³/mol. The van der Waals surface area contributed by atoms with E-state index < -0.39 is 36.0 Å². The summed E-state index contributed by atoms with van der Waals surface area (Å²) in [6.45, 7) is 1.39. The molecule has 0 saturated heterocycles. The Kier molecular flexibility index (Phi) is 15.4. The normalized spacial score (nSPS) is 10.4. The Morgan fingerprint density at radius 1 is 0.743 bits per heavy atom. The molecule has 0 heterocycles. The molecular formula is C24H28O11. The van der Waals surface area contributed by atoms with Crippen molar-refractivity contribution in [1.82, 2.24) is 0 Å². The van der Waals surface area contributed by atoms with Crippen LogP contribution in [0.15, 0.2) is 54.6 Å². The summed E-state index contributed by atoms with van der Waals surface area (Å²) in [7, 11) is 0. The lowest BCUT2D eigenvalue weighted by atomic mass is 10.1. The topological polar surface area (TPSA) is 196 Å². The van der Waals surface area contributed by atoms with Gasteiger partial charge in [0.25, 0.3) is 0 Å². The van der Waals surface area contributed by atoms with Crippen molar-refractivity contribution in [2.24, 2.45) is 0 Å². The number of carboxylic acids is 3. The number of carboxylic acid groups (broad SMARTS) is 3. The Bertz CT molecular complexity index is 952. The molecule has 0 spiro atoms. The maximum absolute atomic E-state index is 11.8. The first-order valence-electron chi connectivity index (χ1n) is 10.4. The Balaban J connectivity index is 0.000000644. The highest BCUT2D eigenvalue weighted by Gasteiger charge is 2.20. The fraction of sp³-hybridized carbons (Fsp3) is 0.292. The molecule has 0 aliphatic carbocycles. The maximum Gasteiger partial charge on any atom is 0.346 e. The quantitative estimate of drug-likeness (QED) is 0.196. The van der Waals surface area contributed by atoms with E-state index in [0.29, 0.717) is 12.8 Å². The molecule has 11 heteroatoms. The molecule has 0 aromatic heterocycles. The standard InChI is InChI=1S/C15H10O5.C6H10O4.C3H8O2/c16-13(17)11-8-4-5-9-12(11)15(19)20-14(18)10-6-2-1-3-7-10;7-5(8)3-1-2-4-6(9)10;1-3(5)2-4/h1-9H,(H,16,17);1-4H2,(H,7,8)(H,9,10);3-5H,2H2,1H3. The number of esters is 2. The molecule has 11 nitrogen and oxygen atoms in total. The van der Waals surface area contributed by atoms with Crippen molar-refractivity contribution < 1.29 is 54.2 Å². The summed E-state index contributed by atoms with van der Waals surface area (Å²) in [6.07, 6.45) is 0.457. The molecule has 0 aliphatic heterocycles. The van der Waals surface area contributed by atoms with E-state index in [1.165, 1.54) is 43.3 Å². The van der Waals surface area contributed by atoms with Crippen molar-refractivity contribution in [2.75, 3.05) is 6.61 Å². The van der Waals surface area contributed by atoms with Crippen molar-refractivity contribution in [3.05, 3.63) is 71.3 Å². The summed E-state index contributed by atoms with van der Waals surface area (Å²) >= 11 is 0. The molecule has 1 atom stereocenters. The molecule has 0 aliphatic rings. The van der Waals surface area contributed by atoms with E-state index in [0.717, 1.165) is 0 Å². The van der Waals surface area contributed by atoms with E-state index in [-0.39, 0.29) is 36.1 Å². The average molecular weight is 492 g/mol. The molecular weight excluding hydrogens is 464 g/mol. The van der Waals surface area contributed by atoms with Crippen LogP contribution in [0.4, 0.5) is 0 Å². The van der Waals surface area contributed by atoms with Crippen LogP contribution in [0.25, 0.3) is 0 Å². The smallest absolute Gasteiger partial charge is 0.346 e. The van der Waals surface area contributed by atoms with Gasteiger partial charge in [-0.3, -0.25) is 9.59 Å². The predicted octanol–water partition coefficient (Wildman–Crippen LogP) is 2.46. The van der Waals surface area contributed by atoms with Crippen LogP contribution in [0.1, 0.15) is 63.7 Å². The zero-order chi connectivity index (χ0) is 26.8. The van der Waals surface area contributed by atoms with E-state index in [4.69, 9.17) is 25.5 Å². The van der Waals surface area contributed by atoms with Crippen LogP contribution in [-0.2, 0) is 14.3 Å². The highest BCUT2D eigenvalue weighted by molar-refractivity contribution is 6.07. The minimum Gasteiger partial charge on any atom is -0.481 e. The number of aromatic carboxylic acids is 1. The molecule has 5 N–H and O–H groups in total. The molecule has 0 fully saturated rings. The minimum absolute atomic E-state index is 0.0628. The molecule has 2 aromatic rings. The number of benzene rings is 2. The van der Waals surface area contributed by atoms with Crippen LogP contribution < -0.4 is 0 Å². The number of aliphatic hydroxyl groups excluding tert-OH is 2. The minimum atomic E-state index is -1.26. The van der Waals surface area contributed by atoms with Gasteiger partial charge in [-0.15, -0.1) is 0 Å². The van der Waals surface area contributed by atoms with Crippen molar-refractivity contribution in [3.63, 3.8) is 0 Å². The van der Waals surface area contributed by atoms with Crippen LogP contribution in [-0.4, -0.2) is 68.1 Å². The van der Waals surface area contributed by atoms with Crippen molar-refractivity contribution >= 4 is 29.8 Å². The summed E-state index contributed by atoms with van der Waals surface area (Å²) in [5.41, 5.74) is -0.156. The van der Waals surface area contributed by atoms with Crippen LogP contribution in [0, 0.1) is 0 Å². The number of rotatable bonds is 9. The second-order valence-electron chi connectivity index (χ2n) is 6.92. The van der Waals surface area contributed by atoms with Crippen LogP contribution in [0.5, 0.6) is 0 Å². The van der Waals surface area contributed by atoms with Crippen LogP contribution in [0.3, 0.4) is 0 Å². The summed E-state index contributed by atoms with van der Waals surface area (Å²) in [5.74, 6) is -4.81. The second-order valence-corrected chi connectivity index (χ2v) is 6.92. The van der Waals surface area contributed by atoms with Gasteiger partial charge in [-0.2, -0.15) is 0 Å². The summed E-state index contributed by atoms with van der Waals surface area (Å²) < 4.78 is 4.67. The first-order valence-corrected chi connectivity index (χ1v) is 10.4. The van der Waals surface area contributed by atoms with E-state index in [2.05, 4.69) is 4.74 Å². The number of unbranched alkanes of at least 4 members (excludes halogenated alkanes) is 1. The molecule has 0 radical (unpaired) electrons. The Morgan fingerprint density at radius 3 is 1.57 bits per heavy atom. The van der Waals surface area contributed by atoms with Crippen molar-refractivity contribution in [2.45, 2.75) is 38.7 Å². The lowest BCUT2D eigenvalue weighted by Gasteiger charge is -2.05. The fourth-order valence-electron chi connectivity index (χ4n) is 2.17. The van der Waals surface area contributed by atoms with Crippen molar-refractivity contribution in [3.8, 4) is 0 Å². The fourth-order valence-corrected chi connectivity index (χ4v) is 2.17. The number of aliphatic carboxylic acids is 2. The molecule has 2 aromatic carbocycles. The number of hydrogen-bond acceptors (Lipinski definition) is 8. The molecule has 1 unspecified atom stereocenters. The van der Waals surface area contributed by atoms with Gasteiger partial charge < -0.3 is 30.3 Å². The molecule has 0 bridgehead atoms. The first kappa shape index (κ1) is 30.9. The summed E-state index contributed by atoms with van der Waals surface area (Å²) in [5, 5.41) is 41.2. The average Bonchev–Trinajstić information content (AvgIpc) is 2.82. The van der Waals surface area contributed by atoms with Crippen LogP contribution in [0.2, 0.25) is 0 Å². The number of hydrogen-bond donors (Lipinski definition) is 5. The van der Waals surface area contributed by atoms with Gasteiger partial charge in [-0.05, 0) is 44.0 Å². The van der Waals surface area contributed by atoms with Crippen LogP contribution >= 0.6 is 0 Å². The van der Waals surface area contributed by atoms with Gasteiger partial charge in [0.15, 0.2) is 0 Å². The summed E-state index contributed by atoms with van der Waals surface area (Å²) in [6, 6.07) is 13.5. The highest BCUT2D eigenvalue weighted by atomic mass is 16.6. The zero-order valence-electron chi connectivity index (χ0n) is 19.0. The largest absolute Gasteiger partial charge is 0.481 e. The number of carbonyl (C=O) groups is 5. The number of aliphatic hydroxyl groups is 2. The first-order chi connectivity index (χ1) is 16.5. The third kappa shape index (κ3) is 14.6. The van der Waals surface area contributed by atoms with Gasteiger partial charge in [0, 0.05) is 12.8 Å². The number of carbonyl (C=O) groups excluding carboxylic acids is 2. The molecule has 190 valence electrons. The Labute approximate surface area is 201 Å². The van der Waals surface area contributed by atoms with Gasteiger partial charge in [-0.1, -0.05) is 30.3 Å². The van der Waals surface area contributed by atoms with E-state index in [1.807, 2.05) is 0 Å². The monoisotopic (exact) mass is 492 g/mol. The maximum atomic E-state index is 11.8. The van der Waals surface area contributed by atoms with Gasteiger partial charge >= 0.3 is 29.8 Å². The molecule has 2 rings (SSSR count). The lowest BCUT2D eigenvalue weighted by molar-refractivity contribution is -0.139. The molecule has 0 amide bonds. The van der Waals surface area contributed by atoms with Gasteiger partial charge in [0.05, 0.1) is 29.4 Å². The zero-order valence-corrected chi connectivity index (χ0v) is 19.0. The SMILES string of the molecule is CC(O)CO.O=C(O)CCCCC(=O)O.O=C(OC(=O)c1ccccc1C(=O)O)c1ccccc1. The van der Waals surface area contributed by atoms with Gasteiger partial charge in [0.2, 0.25) is 0 Å². The van der Waals surface area contributed by atoms with E-state index >= 15 is 0 Å². The Morgan fingerprint density at radius 2 is 1.17 bits per heavy atom. The highest BCUT2D eigenvalue weighted by Crippen LogP contribution is 2.12. The van der Waals surface area contributed by atoms with E-state index in [9.17, 15) is 24.0 Å². The second kappa shape index (κ2) is 17.4. The van der Waals surface area contributed by atoms with E-state index in [1.54, 1.807) is 18.2 Å². The van der Waals surface area contributed by atoms with Gasteiger partial charge in [-0.25, -0.2) is 14.4 Å². The Hall–Kier alpha value is -4.09. The molecule has 0 saturated carbocycles. The third-order valence-electron chi connectivity index (χ3n) is 3.87. The number of ether oxygens (including phenoxy) is 1. The van der Waals surface area contributed by atoms with Gasteiger partial charge in [0.1, 0.15) is 0 Å². The summed E-state index contributed by atoms with van der Waals surface area (Å²) in [4.78, 5) is 54.3. The molecule has 35 heavy (non-hydrogen) atoms.